The molecule has 2 aliphatic rings. The maximum Gasteiger partial charge on any atom is 0.231 e. The SMILES string of the molecule is CN=C(NCCc1ccc2c(c1)OCO2)NCC(c1ccco1)N1CCCC1. The number of aliphatic imine (C=N–C) groups is 1. The first-order valence-electron chi connectivity index (χ1n) is 9.94. The number of hydrogen-bond donors (Lipinski definition) is 2. The van der Waals surface area contributed by atoms with E-state index in [0.717, 1.165) is 55.8 Å². The van der Waals surface area contributed by atoms with E-state index in [-0.39, 0.29) is 6.04 Å². The fourth-order valence-corrected chi connectivity index (χ4v) is 3.78. The third-order valence-electron chi connectivity index (χ3n) is 5.28. The first kappa shape index (κ1) is 18.7. The number of likely N-dealkylation sites (tertiary alicyclic amines) is 1. The number of nitrogens with zero attached hydrogens (tertiary/aromatic N) is 2. The summed E-state index contributed by atoms with van der Waals surface area (Å²) in [7, 11) is 1.80. The maximum absolute atomic E-state index is 5.69. The van der Waals surface area contributed by atoms with Crippen LogP contribution in [0.3, 0.4) is 0 Å². The van der Waals surface area contributed by atoms with Gasteiger partial charge >= 0.3 is 0 Å². The maximum atomic E-state index is 5.69. The molecule has 0 aliphatic carbocycles. The number of fused-ring (bicyclic) bond motifs is 1. The molecule has 1 fully saturated rings. The summed E-state index contributed by atoms with van der Waals surface area (Å²) >= 11 is 0. The van der Waals surface area contributed by atoms with Gasteiger partial charge in [-0.1, -0.05) is 6.07 Å². The Balaban J connectivity index is 1.28. The minimum Gasteiger partial charge on any atom is -0.468 e. The molecule has 150 valence electrons. The Morgan fingerprint density at radius 2 is 2.00 bits per heavy atom. The van der Waals surface area contributed by atoms with E-state index in [1.54, 1.807) is 13.3 Å². The van der Waals surface area contributed by atoms with Crippen LogP contribution in [0.1, 0.15) is 30.2 Å². The molecular weight excluding hydrogens is 356 g/mol. The fraction of sp³-hybridized carbons (Fsp3) is 0.476. The van der Waals surface area contributed by atoms with E-state index in [9.17, 15) is 0 Å². The molecule has 28 heavy (non-hydrogen) atoms. The highest BCUT2D eigenvalue weighted by atomic mass is 16.7. The topological polar surface area (TPSA) is 71.3 Å². The Kier molecular flexibility index (Phi) is 6.01. The fourth-order valence-electron chi connectivity index (χ4n) is 3.78. The van der Waals surface area contributed by atoms with Crippen molar-refractivity contribution in [1.82, 2.24) is 15.5 Å². The van der Waals surface area contributed by atoms with Gasteiger partial charge < -0.3 is 24.5 Å². The van der Waals surface area contributed by atoms with E-state index >= 15 is 0 Å². The van der Waals surface area contributed by atoms with Crippen molar-refractivity contribution >= 4 is 5.96 Å². The standard InChI is InChI=1S/C21H28N4O3/c1-22-21(23-9-8-16-6-7-19-20(13-16)28-15-27-19)24-14-17(18-5-4-12-26-18)25-10-2-3-11-25/h4-7,12-13,17H,2-3,8-11,14-15H2,1H3,(H2,22,23,24). The molecule has 7 heteroatoms. The summed E-state index contributed by atoms with van der Waals surface area (Å²) in [5.41, 5.74) is 1.21. The highest BCUT2D eigenvalue weighted by Crippen LogP contribution is 2.32. The zero-order valence-corrected chi connectivity index (χ0v) is 16.3. The largest absolute Gasteiger partial charge is 0.468 e. The van der Waals surface area contributed by atoms with Crippen LogP contribution in [-0.4, -0.2) is 50.9 Å². The van der Waals surface area contributed by atoms with Crippen LogP contribution in [0.15, 0.2) is 46.0 Å². The van der Waals surface area contributed by atoms with Gasteiger partial charge in [-0.15, -0.1) is 0 Å². The van der Waals surface area contributed by atoms with Gasteiger partial charge in [-0.2, -0.15) is 0 Å². The Hall–Kier alpha value is -2.67. The number of benzene rings is 1. The molecule has 4 rings (SSSR count). The molecule has 1 unspecified atom stereocenters. The van der Waals surface area contributed by atoms with Crippen LogP contribution in [0.25, 0.3) is 0 Å². The molecule has 1 aromatic heterocycles. The number of ether oxygens (including phenoxy) is 2. The number of furan rings is 1. The summed E-state index contributed by atoms with van der Waals surface area (Å²) in [6.45, 7) is 4.08. The molecule has 1 aromatic carbocycles. The summed E-state index contributed by atoms with van der Waals surface area (Å²) < 4.78 is 16.5. The molecular formula is C21H28N4O3. The Morgan fingerprint density at radius 3 is 2.79 bits per heavy atom. The van der Waals surface area contributed by atoms with Gasteiger partial charge in [0.1, 0.15) is 5.76 Å². The van der Waals surface area contributed by atoms with Gasteiger partial charge in [0.25, 0.3) is 0 Å². The van der Waals surface area contributed by atoms with Gasteiger partial charge in [0, 0.05) is 20.1 Å². The molecule has 1 saturated heterocycles. The average molecular weight is 384 g/mol. The van der Waals surface area contributed by atoms with Crippen LogP contribution in [0, 0.1) is 0 Å². The second-order valence-corrected chi connectivity index (χ2v) is 7.09. The molecule has 2 aliphatic heterocycles. The normalized spacial score (nSPS) is 17.7. The lowest BCUT2D eigenvalue weighted by Gasteiger charge is -2.26. The molecule has 1 atom stereocenters. The predicted octanol–water partition coefficient (Wildman–Crippen LogP) is 2.55. The number of rotatable bonds is 7. The van der Waals surface area contributed by atoms with Gasteiger partial charge in [-0.3, -0.25) is 9.89 Å². The zero-order chi connectivity index (χ0) is 19.2. The third kappa shape index (κ3) is 4.42. The van der Waals surface area contributed by atoms with E-state index < -0.39 is 0 Å². The van der Waals surface area contributed by atoms with Gasteiger partial charge in [0.05, 0.1) is 12.3 Å². The second kappa shape index (κ2) is 9.01. The lowest BCUT2D eigenvalue weighted by Crippen LogP contribution is -2.43. The molecule has 0 amide bonds. The molecule has 3 heterocycles. The van der Waals surface area contributed by atoms with Crippen LogP contribution in [-0.2, 0) is 6.42 Å². The molecule has 2 N–H and O–H groups in total. The van der Waals surface area contributed by atoms with Crippen molar-refractivity contribution in [2.45, 2.75) is 25.3 Å². The molecule has 0 saturated carbocycles. The highest BCUT2D eigenvalue weighted by Gasteiger charge is 2.25. The quantitative estimate of drug-likeness (QED) is 0.565. The summed E-state index contributed by atoms with van der Waals surface area (Å²) in [6.07, 6.45) is 5.13. The van der Waals surface area contributed by atoms with Crippen LogP contribution >= 0.6 is 0 Å². The lowest BCUT2D eigenvalue weighted by atomic mass is 10.1. The Morgan fingerprint density at radius 1 is 1.14 bits per heavy atom. The lowest BCUT2D eigenvalue weighted by molar-refractivity contribution is 0.174. The molecule has 0 bridgehead atoms. The van der Waals surface area contributed by atoms with Gasteiger partial charge in [-0.25, -0.2) is 0 Å². The summed E-state index contributed by atoms with van der Waals surface area (Å²) in [5, 5.41) is 6.85. The third-order valence-corrected chi connectivity index (χ3v) is 5.28. The van der Waals surface area contributed by atoms with Gasteiger partial charge in [-0.05, 0) is 62.2 Å². The van der Waals surface area contributed by atoms with Crippen molar-refractivity contribution in [3.05, 3.63) is 47.9 Å². The van der Waals surface area contributed by atoms with Gasteiger partial charge in [0.15, 0.2) is 17.5 Å². The van der Waals surface area contributed by atoms with E-state index in [1.807, 2.05) is 18.2 Å². The Bertz CT molecular complexity index is 785. The number of guanidine groups is 1. The van der Waals surface area contributed by atoms with Crippen LogP contribution in [0.2, 0.25) is 0 Å². The highest BCUT2D eigenvalue weighted by molar-refractivity contribution is 5.79. The van der Waals surface area contributed by atoms with Crippen molar-refractivity contribution in [3.63, 3.8) is 0 Å². The summed E-state index contributed by atoms with van der Waals surface area (Å²) in [5.74, 6) is 3.45. The molecule has 2 aromatic rings. The van der Waals surface area contributed by atoms with Crippen LogP contribution in [0.5, 0.6) is 11.5 Å². The number of hydrogen-bond acceptors (Lipinski definition) is 5. The van der Waals surface area contributed by atoms with E-state index in [0.29, 0.717) is 6.79 Å². The van der Waals surface area contributed by atoms with E-state index in [4.69, 9.17) is 13.9 Å². The summed E-state index contributed by atoms with van der Waals surface area (Å²) in [6, 6.07) is 10.3. The minimum atomic E-state index is 0.227. The van der Waals surface area contributed by atoms with Crippen molar-refractivity contribution < 1.29 is 13.9 Å². The average Bonchev–Trinajstić information content (AvgIpc) is 3.49. The second-order valence-electron chi connectivity index (χ2n) is 7.09. The monoisotopic (exact) mass is 384 g/mol. The zero-order valence-electron chi connectivity index (χ0n) is 16.3. The molecule has 0 spiro atoms. The smallest absolute Gasteiger partial charge is 0.231 e. The first-order valence-corrected chi connectivity index (χ1v) is 9.94. The van der Waals surface area contributed by atoms with Crippen LogP contribution in [0.4, 0.5) is 0 Å². The number of nitrogens with one attached hydrogen (secondary N) is 2. The van der Waals surface area contributed by atoms with E-state index in [2.05, 4.69) is 32.7 Å². The predicted molar refractivity (Wildman–Crippen MR) is 108 cm³/mol. The molecule has 7 nitrogen and oxygen atoms in total. The summed E-state index contributed by atoms with van der Waals surface area (Å²) in [4.78, 5) is 6.84. The Labute approximate surface area is 165 Å². The van der Waals surface area contributed by atoms with Crippen molar-refractivity contribution in [2.75, 3.05) is 40.0 Å². The van der Waals surface area contributed by atoms with Crippen LogP contribution < -0.4 is 20.1 Å². The van der Waals surface area contributed by atoms with E-state index in [1.165, 1.54) is 18.4 Å². The van der Waals surface area contributed by atoms with Crippen molar-refractivity contribution in [3.8, 4) is 11.5 Å². The van der Waals surface area contributed by atoms with Gasteiger partial charge in [0.2, 0.25) is 6.79 Å². The first-order chi connectivity index (χ1) is 13.8. The van der Waals surface area contributed by atoms with Crippen molar-refractivity contribution in [1.29, 1.82) is 0 Å². The van der Waals surface area contributed by atoms with Crippen molar-refractivity contribution in [2.24, 2.45) is 4.99 Å². The minimum absolute atomic E-state index is 0.227. The molecule has 0 radical (unpaired) electrons.